The van der Waals surface area contributed by atoms with E-state index in [0.29, 0.717) is 12.0 Å². The number of urea groups is 1. The van der Waals surface area contributed by atoms with Crippen LogP contribution in [-0.2, 0) is 11.3 Å². The molecule has 2 N–H and O–H groups in total. The summed E-state index contributed by atoms with van der Waals surface area (Å²) in [5.74, 6) is -0.400. The van der Waals surface area contributed by atoms with E-state index in [-0.39, 0.29) is 24.4 Å². The van der Waals surface area contributed by atoms with Crippen molar-refractivity contribution >= 4 is 23.5 Å². The fourth-order valence-corrected chi connectivity index (χ4v) is 2.88. The van der Waals surface area contributed by atoms with Gasteiger partial charge < -0.3 is 10.6 Å². The molecule has 2 aromatic carbocycles. The summed E-state index contributed by atoms with van der Waals surface area (Å²) >= 11 is 0. The smallest absolute Gasteiger partial charge is 0.325 e. The third-order valence-electron chi connectivity index (χ3n) is 4.27. The highest BCUT2D eigenvalue weighted by molar-refractivity contribution is 6.05. The molecular weight excluding hydrogens is 330 g/mol. The summed E-state index contributed by atoms with van der Waals surface area (Å²) in [6.07, 6.45) is 1.47. The fourth-order valence-electron chi connectivity index (χ4n) is 2.88. The van der Waals surface area contributed by atoms with Gasteiger partial charge in [0.2, 0.25) is 0 Å². The summed E-state index contributed by atoms with van der Waals surface area (Å²) in [4.78, 5) is 37.7. The zero-order valence-electron chi connectivity index (χ0n) is 14.6. The van der Waals surface area contributed by atoms with E-state index in [9.17, 15) is 14.4 Å². The lowest BCUT2D eigenvalue weighted by Gasteiger charge is -2.13. The van der Waals surface area contributed by atoms with Crippen molar-refractivity contribution in [1.82, 2.24) is 10.2 Å². The number of hydrogen-bond acceptors (Lipinski definition) is 3. The predicted octanol–water partition coefficient (Wildman–Crippen LogP) is 3.16. The zero-order valence-corrected chi connectivity index (χ0v) is 14.6. The summed E-state index contributed by atoms with van der Waals surface area (Å²) in [7, 11) is 0. The van der Waals surface area contributed by atoms with Crippen LogP contribution in [0.1, 0.15) is 35.7 Å². The van der Waals surface area contributed by atoms with Crippen molar-refractivity contribution in [2.75, 3.05) is 5.32 Å². The van der Waals surface area contributed by atoms with Crippen molar-refractivity contribution in [3.8, 4) is 0 Å². The lowest BCUT2D eigenvalue weighted by atomic mass is 10.1. The second kappa shape index (κ2) is 7.82. The maximum atomic E-state index is 12.3. The minimum atomic E-state index is -0.427. The molecule has 1 fully saturated rings. The van der Waals surface area contributed by atoms with E-state index in [2.05, 4.69) is 10.6 Å². The van der Waals surface area contributed by atoms with Crippen molar-refractivity contribution in [3.05, 3.63) is 65.7 Å². The fraction of sp³-hybridized carbons (Fsp3) is 0.250. The van der Waals surface area contributed by atoms with Crippen LogP contribution in [0.5, 0.6) is 0 Å². The van der Waals surface area contributed by atoms with Crippen LogP contribution in [0, 0.1) is 0 Å². The molecule has 1 atom stereocenters. The first kappa shape index (κ1) is 17.7. The van der Waals surface area contributed by atoms with Crippen molar-refractivity contribution in [1.29, 1.82) is 0 Å². The molecule has 2 aromatic rings. The van der Waals surface area contributed by atoms with E-state index in [0.717, 1.165) is 17.7 Å². The molecule has 0 spiro atoms. The zero-order chi connectivity index (χ0) is 18.5. The van der Waals surface area contributed by atoms with Crippen molar-refractivity contribution in [2.24, 2.45) is 0 Å². The monoisotopic (exact) mass is 351 g/mol. The first-order chi connectivity index (χ1) is 12.6. The van der Waals surface area contributed by atoms with E-state index in [1.165, 1.54) is 4.90 Å². The molecular formula is C20H21N3O3. The number of imide groups is 1. The van der Waals surface area contributed by atoms with Gasteiger partial charge in [0, 0.05) is 11.3 Å². The molecule has 6 nitrogen and oxygen atoms in total. The number of anilines is 1. The van der Waals surface area contributed by atoms with Crippen LogP contribution in [0.25, 0.3) is 0 Å². The summed E-state index contributed by atoms with van der Waals surface area (Å²) < 4.78 is 0. The number of rotatable bonds is 6. The van der Waals surface area contributed by atoms with E-state index >= 15 is 0 Å². The Balaban J connectivity index is 1.63. The number of carbonyl (C=O) groups is 3. The van der Waals surface area contributed by atoms with Crippen molar-refractivity contribution < 1.29 is 14.4 Å². The minimum absolute atomic E-state index is 0.192. The summed E-state index contributed by atoms with van der Waals surface area (Å²) in [5.41, 5.74) is 2.03. The molecule has 26 heavy (non-hydrogen) atoms. The largest absolute Gasteiger partial charge is 0.326 e. The Morgan fingerprint density at radius 1 is 1.08 bits per heavy atom. The SMILES string of the molecule is CCC[C@@H]1NC(=O)N(Cc2ccc(C(=O)Nc3ccccc3)cc2)C1=O. The van der Waals surface area contributed by atoms with E-state index < -0.39 is 6.04 Å². The topological polar surface area (TPSA) is 78.5 Å². The Hall–Kier alpha value is -3.15. The quantitative estimate of drug-likeness (QED) is 0.785. The van der Waals surface area contributed by atoms with Crippen LogP contribution in [0.4, 0.5) is 10.5 Å². The highest BCUT2D eigenvalue weighted by atomic mass is 16.2. The highest BCUT2D eigenvalue weighted by Crippen LogP contribution is 2.16. The van der Waals surface area contributed by atoms with Crippen LogP contribution in [0.3, 0.4) is 0 Å². The molecule has 0 radical (unpaired) electrons. The molecule has 6 heteroatoms. The van der Waals surface area contributed by atoms with Gasteiger partial charge in [-0.2, -0.15) is 0 Å². The molecule has 1 heterocycles. The second-order valence-corrected chi connectivity index (χ2v) is 6.23. The molecule has 134 valence electrons. The Bertz CT molecular complexity index is 803. The summed E-state index contributed by atoms with van der Waals surface area (Å²) in [5, 5.41) is 5.52. The number of para-hydroxylation sites is 1. The van der Waals surface area contributed by atoms with Gasteiger partial charge in [0.1, 0.15) is 6.04 Å². The maximum Gasteiger partial charge on any atom is 0.325 e. The number of hydrogen-bond donors (Lipinski definition) is 2. The molecule has 0 aliphatic carbocycles. The van der Waals surface area contributed by atoms with Gasteiger partial charge in [0.05, 0.1) is 6.54 Å². The normalized spacial score (nSPS) is 16.5. The van der Waals surface area contributed by atoms with Crippen LogP contribution in [0.2, 0.25) is 0 Å². The van der Waals surface area contributed by atoms with Gasteiger partial charge in [-0.15, -0.1) is 0 Å². The van der Waals surface area contributed by atoms with Crippen LogP contribution in [0.15, 0.2) is 54.6 Å². The van der Waals surface area contributed by atoms with Crippen molar-refractivity contribution in [2.45, 2.75) is 32.4 Å². The lowest BCUT2D eigenvalue weighted by molar-refractivity contribution is -0.128. The molecule has 0 bridgehead atoms. The summed E-state index contributed by atoms with van der Waals surface area (Å²) in [6.45, 7) is 2.17. The van der Waals surface area contributed by atoms with Gasteiger partial charge in [-0.1, -0.05) is 43.7 Å². The molecule has 0 saturated carbocycles. The molecule has 3 rings (SSSR count). The number of carbonyl (C=O) groups excluding carboxylic acids is 3. The van der Waals surface area contributed by atoms with Gasteiger partial charge in [0.25, 0.3) is 11.8 Å². The van der Waals surface area contributed by atoms with Crippen LogP contribution >= 0.6 is 0 Å². The average Bonchev–Trinajstić information content (AvgIpc) is 2.91. The Labute approximate surface area is 152 Å². The Kier molecular flexibility index (Phi) is 5.31. The maximum absolute atomic E-state index is 12.3. The molecule has 0 aromatic heterocycles. The van der Waals surface area contributed by atoms with E-state index in [4.69, 9.17) is 0 Å². The third-order valence-corrected chi connectivity index (χ3v) is 4.27. The Morgan fingerprint density at radius 3 is 2.42 bits per heavy atom. The molecule has 1 aliphatic heterocycles. The minimum Gasteiger partial charge on any atom is -0.326 e. The van der Waals surface area contributed by atoms with Gasteiger partial charge in [-0.3, -0.25) is 14.5 Å². The second-order valence-electron chi connectivity index (χ2n) is 6.23. The molecule has 1 saturated heterocycles. The van der Waals surface area contributed by atoms with E-state index in [1.807, 2.05) is 37.3 Å². The average molecular weight is 351 g/mol. The first-order valence-corrected chi connectivity index (χ1v) is 8.65. The standard InChI is InChI=1S/C20H21N3O3/c1-2-6-17-19(25)23(20(26)22-17)13-14-9-11-15(12-10-14)18(24)21-16-7-4-3-5-8-16/h3-5,7-12,17H,2,6,13H2,1H3,(H,21,24)(H,22,26)/t17-/m0/s1. The first-order valence-electron chi connectivity index (χ1n) is 8.65. The van der Waals surface area contributed by atoms with E-state index in [1.54, 1.807) is 24.3 Å². The number of nitrogens with zero attached hydrogens (tertiary/aromatic N) is 1. The van der Waals surface area contributed by atoms with Gasteiger partial charge in [-0.05, 0) is 36.2 Å². The molecule has 0 unspecified atom stereocenters. The third kappa shape index (κ3) is 3.91. The molecule has 1 aliphatic rings. The van der Waals surface area contributed by atoms with Gasteiger partial charge in [0.15, 0.2) is 0 Å². The highest BCUT2D eigenvalue weighted by Gasteiger charge is 2.37. The Morgan fingerprint density at radius 2 is 1.77 bits per heavy atom. The van der Waals surface area contributed by atoms with Crippen molar-refractivity contribution in [3.63, 3.8) is 0 Å². The number of nitrogens with one attached hydrogen (secondary N) is 2. The summed E-state index contributed by atoms with van der Waals surface area (Å²) in [6, 6.07) is 15.3. The lowest BCUT2D eigenvalue weighted by Crippen LogP contribution is -2.31. The predicted molar refractivity (Wildman–Crippen MR) is 98.6 cm³/mol. The van der Waals surface area contributed by atoms with Crippen LogP contribution in [-0.4, -0.2) is 28.8 Å². The van der Waals surface area contributed by atoms with Crippen LogP contribution < -0.4 is 10.6 Å². The number of benzene rings is 2. The van der Waals surface area contributed by atoms with Gasteiger partial charge in [-0.25, -0.2) is 4.79 Å². The van der Waals surface area contributed by atoms with Gasteiger partial charge >= 0.3 is 6.03 Å². The molecule has 4 amide bonds. The number of amides is 4.